The molecule has 2 heterocycles. The summed E-state index contributed by atoms with van der Waals surface area (Å²) in [6.07, 6.45) is 1.69. The first-order chi connectivity index (χ1) is 7.66. The van der Waals surface area contributed by atoms with E-state index < -0.39 is 0 Å². The van der Waals surface area contributed by atoms with Crippen LogP contribution in [-0.4, -0.2) is 0 Å². The average molecular weight is 321 g/mol. The first-order valence-corrected chi connectivity index (χ1v) is 6.86. The minimum atomic E-state index is 0.203. The lowest BCUT2D eigenvalue weighted by Crippen LogP contribution is -2.16. The van der Waals surface area contributed by atoms with Crippen LogP contribution >= 0.6 is 38.9 Å². The summed E-state index contributed by atoms with van der Waals surface area (Å²) >= 11 is 10.9. The number of hydrogen-bond acceptors (Lipinski definition) is 3. The summed E-state index contributed by atoms with van der Waals surface area (Å²) in [7, 11) is 0. The summed E-state index contributed by atoms with van der Waals surface area (Å²) in [5.41, 5.74) is 0. The maximum absolute atomic E-state index is 5.97. The fraction of sp³-hybridized carbons (Fsp3) is 0.273. The summed E-state index contributed by atoms with van der Waals surface area (Å²) < 4.78 is 7.07. The molecule has 0 radical (unpaired) electrons. The molecule has 16 heavy (non-hydrogen) atoms. The highest BCUT2D eigenvalue weighted by molar-refractivity contribution is 9.10. The SMILES string of the molecule is C[C@@H](NCc1cc(Br)c(Cl)s1)c1ccco1. The third kappa shape index (κ3) is 2.88. The van der Waals surface area contributed by atoms with Crippen molar-refractivity contribution in [1.29, 1.82) is 0 Å². The van der Waals surface area contributed by atoms with Gasteiger partial charge in [-0.25, -0.2) is 0 Å². The number of thiophene rings is 1. The molecule has 0 amide bonds. The lowest BCUT2D eigenvalue weighted by molar-refractivity contribution is 0.431. The van der Waals surface area contributed by atoms with Crippen molar-refractivity contribution in [2.24, 2.45) is 0 Å². The maximum Gasteiger partial charge on any atom is 0.120 e. The van der Waals surface area contributed by atoms with E-state index in [0.29, 0.717) is 0 Å². The Bertz CT molecular complexity index is 435. The molecule has 0 saturated heterocycles. The molecule has 0 spiro atoms. The van der Waals surface area contributed by atoms with Gasteiger partial charge in [-0.15, -0.1) is 11.3 Å². The zero-order valence-corrected chi connectivity index (χ0v) is 11.8. The van der Waals surface area contributed by atoms with Gasteiger partial charge in [0, 0.05) is 15.9 Å². The normalized spacial score (nSPS) is 12.9. The smallest absolute Gasteiger partial charge is 0.120 e. The van der Waals surface area contributed by atoms with Gasteiger partial charge in [0.2, 0.25) is 0 Å². The van der Waals surface area contributed by atoms with E-state index in [1.54, 1.807) is 17.6 Å². The maximum atomic E-state index is 5.97. The first kappa shape index (κ1) is 12.2. The Balaban J connectivity index is 1.92. The van der Waals surface area contributed by atoms with Gasteiger partial charge in [-0.2, -0.15) is 0 Å². The second-order valence-electron chi connectivity index (χ2n) is 3.45. The highest BCUT2D eigenvalue weighted by Gasteiger charge is 2.09. The molecule has 0 aromatic carbocycles. The average Bonchev–Trinajstić information content (AvgIpc) is 2.86. The van der Waals surface area contributed by atoms with Gasteiger partial charge in [0.25, 0.3) is 0 Å². The molecule has 2 rings (SSSR count). The van der Waals surface area contributed by atoms with E-state index in [2.05, 4.69) is 28.2 Å². The van der Waals surface area contributed by atoms with Gasteiger partial charge in [-0.3, -0.25) is 0 Å². The summed E-state index contributed by atoms with van der Waals surface area (Å²) in [6.45, 7) is 2.86. The Morgan fingerprint density at radius 2 is 2.44 bits per heavy atom. The van der Waals surface area contributed by atoms with E-state index in [0.717, 1.165) is 21.1 Å². The van der Waals surface area contributed by atoms with Crippen LogP contribution in [0.5, 0.6) is 0 Å². The second kappa shape index (κ2) is 5.36. The van der Waals surface area contributed by atoms with Crippen LogP contribution < -0.4 is 5.32 Å². The Morgan fingerprint density at radius 3 is 3.00 bits per heavy atom. The van der Waals surface area contributed by atoms with Crippen LogP contribution in [0.15, 0.2) is 33.4 Å². The van der Waals surface area contributed by atoms with E-state index in [-0.39, 0.29) is 6.04 Å². The molecule has 2 aromatic rings. The van der Waals surface area contributed by atoms with Crippen molar-refractivity contribution < 1.29 is 4.42 Å². The minimum Gasteiger partial charge on any atom is -0.468 e. The molecular weight excluding hydrogens is 310 g/mol. The van der Waals surface area contributed by atoms with E-state index in [4.69, 9.17) is 16.0 Å². The Labute approximate surface area is 112 Å². The summed E-state index contributed by atoms with van der Waals surface area (Å²) in [5.74, 6) is 0.946. The van der Waals surface area contributed by atoms with Gasteiger partial charge in [0.1, 0.15) is 10.1 Å². The minimum absolute atomic E-state index is 0.203. The van der Waals surface area contributed by atoms with Crippen LogP contribution in [0.25, 0.3) is 0 Å². The Hall–Kier alpha value is -0.290. The third-order valence-corrected chi connectivity index (χ3v) is 4.72. The highest BCUT2D eigenvalue weighted by Crippen LogP contribution is 2.32. The molecule has 0 aliphatic heterocycles. The monoisotopic (exact) mass is 319 g/mol. The molecule has 1 atom stereocenters. The predicted octanol–water partition coefficient (Wildman–Crippen LogP) is 4.61. The van der Waals surface area contributed by atoms with Crippen molar-refractivity contribution in [3.63, 3.8) is 0 Å². The lowest BCUT2D eigenvalue weighted by Gasteiger charge is -2.09. The largest absolute Gasteiger partial charge is 0.468 e. The van der Waals surface area contributed by atoms with Gasteiger partial charge in [-0.05, 0) is 41.1 Å². The van der Waals surface area contributed by atoms with Gasteiger partial charge >= 0.3 is 0 Å². The molecule has 0 aliphatic carbocycles. The van der Waals surface area contributed by atoms with E-state index in [1.165, 1.54) is 4.88 Å². The molecule has 0 bridgehead atoms. The first-order valence-electron chi connectivity index (χ1n) is 4.87. The van der Waals surface area contributed by atoms with Gasteiger partial charge in [0.15, 0.2) is 0 Å². The topological polar surface area (TPSA) is 25.2 Å². The molecule has 0 fully saturated rings. The van der Waals surface area contributed by atoms with E-state index in [1.807, 2.05) is 18.2 Å². The summed E-state index contributed by atoms with van der Waals surface area (Å²) in [5, 5.41) is 3.38. The summed E-state index contributed by atoms with van der Waals surface area (Å²) in [4.78, 5) is 1.20. The number of halogens is 2. The van der Waals surface area contributed by atoms with Crippen molar-refractivity contribution in [2.75, 3.05) is 0 Å². The fourth-order valence-electron chi connectivity index (χ4n) is 1.37. The van der Waals surface area contributed by atoms with Crippen molar-refractivity contribution >= 4 is 38.9 Å². The zero-order chi connectivity index (χ0) is 11.5. The molecule has 1 N–H and O–H groups in total. The Kier molecular flexibility index (Phi) is 4.08. The van der Waals surface area contributed by atoms with Crippen LogP contribution in [0.3, 0.4) is 0 Å². The van der Waals surface area contributed by atoms with E-state index >= 15 is 0 Å². The van der Waals surface area contributed by atoms with Crippen molar-refractivity contribution in [1.82, 2.24) is 5.32 Å². The van der Waals surface area contributed by atoms with Crippen LogP contribution in [-0.2, 0) is 6.54 Å². The third-order valence-electron chi connectivity index (χ3n) is 2.25. The number of nitrogens with one attached hydrogen (secondary N) is 1. The molecule has 2 nitrogen and oxygen atoms in total. The van der Waals surface area contributed by atoms with Crippen molar-refractivity contribution in [3.05, 3.63) is 43.9 Å². The van der Waals surface area contributed by atoms with Crippen molar-refractivity contribution in [2.45, 2.75) is 19.5 Å². The molecule has 86 valence electrons. The number of hydrogen-bond donors (Lipinski definition) is 1. The summed E-state index contributed by atoms with van der Waals surface area (Å²) in [6, 6.07) is 6.10. The van der Waals surface area contributed by atoms with Gasteiger partial charge in [0.05, 0.1) is 12.3 Å². The molecule has 0 aliphatic rings. The van der Waals surface area contributed by atoms with Crippen LogP contribution in [0, 0.1) is 0 Å². The van der Waals surface area contributed by atoms with Crippen molar-refractivity contribution in [3.8, 4) is 0 Å². The van der Waals surface area contributed by atoms with Crippen LogP contribution in [0.4, 0.5) is 0 Å². The lowest BCUT2D eigenvalue weighted by atomic mass is 10.2. The molecule has 5 heteroatoms. The predicted molar refractivity (Wildman–Crippen MR) is 71.0 cm³/mol. The molecule has 0 unspecified atom stereocenters. The fourth-order valence-corrected chi connectivity index (χ4v) is 3.11. The van der Waals surface area contributed by atoms with Crippen LogP contribution in [0.1, 0.15) is 23.6 Å². The standard InChI is InChI=1S/C11H11BrClNOS/c1-7(10-3-2-4-15-10)14-6-8-5-9(12)11(13)16-8/h2-5,7,14H,6H2,1H3/t7-/m1/s1. The van der Waals surface area contributed by atoms with Crippen LogP contribution in [0.2, 0.25) is 4.34 Å². The molecular formula is C11H11BrClNOS. The molecule has 0 saturated carbocycles. The number of furan rings is 1. The van der Waals surface area contributed by atoms with Gasteiger partial charge in [-0.1, -0.05) is 11.6 Å². The zero-order valence-electron chi connectivity index (χ0n) is 8.67. The Morgan fingerprint density at radius 1 is 1.62 bits per heavy atom. The van der Waals surface area contributed by atoms with Gasteiger partial charge < -0.3 is 9.73 Å². The van der Waals surface area contributed by atoms with E-state index in [9.17, 15) is 0 Å². The second-order valence-corrected chi connectivity index (χ2v) is 6.05. The quantitative estimate of drug-likeness (QED) is 0.890. The number of rotatable bonds is 4. The molecule has 2 aromatic heterocycles. The highest BCUT2D eigenvalue weighted by atomic mass is 79.9.